The number of carbonyl (C=O) groups is 1. The molecule has 1 atom stereocenters. The maximum absolute atomic E-state index is 11.5. The van der Waals surface area contributed by atoms with Crippen LogP contribution in [0.15, 0.2) is 28.6 Å². The van der Waals surface area contributed by atoms with E-state index in [4.69, 9.17) is 4.74 Å². The van der Waals surface area contributed by atoms with Crippen molar-refractivity contribution in [2.45, 2.75) is 6.04 Å². The minimum absolute atomic E-state index is 0.0506. The van der Waals surface area contributed by atoms with E-state index in [2.05, 4.69) is 15.3 Å². The number of ether oxygens (including phenoxy) is 1. The summed E-state index contributed by atoms with van der Waals surface area (Å²) in [5, 5.41) is 13.7. The number of methoxy groups -OCH3 is 1. The van der Waals surface area contributed by atoms with Crippen molar-refractivity contribution in [1.82, 2.24) is 9.97 Å². The second-order valence-corrected chi connectivity index (χ2v) is 4.52. The first-order valence-corrected chi connectivity index (χ1v) is 6.16. The Balaban J connectivity index is 2.36. The van der Waals surface area contributed by atoms with Gasteiger partial charge in [0.1, 0.15) is 0 Å². The summed E-state index contributed by atoms with van der Waals surface area (Å²) in [4.78, 5) is 29.6. The third kappa shape index (κ3) is 2.74. The number of carboxylic acid groups (broad SMARTS) is 1. The number of H-pyrrole nitrogens is 1. The summed E-state index contributed by atoms with van der Waals surface area (Å²) >= 11 is 1.30. The van der Waals surface area contributed by atoms with E-state index in [-0.39, 0.29) is 11.6 Å². The SMILES string of the molecule is COc1c(NC(C(=O)O)c2cccs2)nc[nH]c1=O. The molecule has 0 radical (unpaired) electrons. The summed E-state index contributed by atoms with van der Waals surface area (Å²) in [5.41, 5.74) is -0.477. The van der Waals surface area contributed by atoms with E-state index in [1.54, 1.807) is 17.5 Å². The molecule has 8 heteroatoms. The molecule has 19 heavy (non-hydrogen) atoms. The van der Waals surface area contributed by atoms with E-state index in [1.807, 2.05) is 0 Å². The number of thiophene rings is 1. The van der Waals surface area contributed by atoms with Gasteiger partial charge in [-0.2, -0.15) is 0 Å². The zero-order valence-corrected chi connectivity index (χ0v) is 10.7. The van der Waals surface area contributed by atoms with Crippen LogP contribution in [-0.2, 0) is 4.79 Å². The van der Waals surface area contributed by atoms with Crippen LogP contribution < -0.4 is 15.6 Å². The van der Waals surface area contributed by atoms with Crippen LogP contribution in [0, 0.1) is 0 Å². The molecule has 0 aliphatic rings. The Morgan fingerprint density at radius 3 is 3.00 bits per heavy atom. The van der Waals surface area contributed by atoms with Gasteiger partial charge in [-0.15, -0.1) is 11.3 Å². The van der Waals surface area contributed by atoms with E-state index in [1.165, 1.54) is 24.8 Å². The molecule has 7 nitrogen and oxygen atoms in total. The number of nitrogens with one attached hydrogen (secondary N) is 2. The smallest absolute Gasteiger partial charge is 0.331 e. The highest BCUT2D eigenvalue weighted by atomic mass is 32.1. The molecular formula is C11H11N3O4S. The monoisotopic (exact) mass is 281 g/mol. The van der Waals surface area contributed by atoms with E-state index in [0.29, 0.717) is 4.88 Å². The third-order valence-electron chi connectivity index (χ3n) is 2.37. The third-order valence-corrected chi connectivity index (χ3v) is 3.31. The van der Waals surface area contributed by atoms with Crippen LogP contribution in [0.5, 0.6) is 5.75 Å². The molecule has 2 heterocycles. The molecule has 2 aromatic heterocycles. The molecule has 2 rings (SSSR count). The number of nitrogens with zero attached hydrogens (tertiary/aromatic N) is 1. The van der Waals surface area contributed by atoms with Gasteiger partial charge in [-0.25, -0.2) is 9.78 Å². The van der Waals surface area contributed by atoms with E-state index < -0.39 is 17.6 Å². The molecule has 0 aromatic carbocycles. The summed E-state index contributed by atoms with van der Waals surface area (Å²) in [6.07, 6.45) is 1.18. The van der Waals surface area contributed by atoms with Crippen LogP contribution >= 0.6 is 11.3 Å². The lowest BCUT2D eigenvalue weighted by Crippen LogP contribution is -2.22. The van der Waals surface area contributed by atoms with Crippen molar-refractivity contribution < 1.29 is 14.6 Å². The van der Waals surface area contributed by atoms with Crippen molar-refractivity contribution in [2.75, 3.05) is 12.4 Å². The number of aliphatic carboxylic acids is 1. The van der Waals surface area contributed by atoms with Crippen LogP contribution in [0.3, 0.4) is 0 Å². The molecule has 0 fully saturated rings. The van der Waals surface area contributed by atoms with Gasteiger partial charge in [-0.1, -0.05) is 6.07 Å². The first kappa shape index (κ1) is 13.1. The molecule has 0 spiro atoms. The quantitative estimate of drug-likeness (QED) is 0.757. The van der Waals surface area contributed by atoms with Crippen LogP contribution in [0.2, 0.25) is 0 Å². The van der Waals surface area contributed by atoms with Crippen molar-refractivity contribution in [3.05, 3.63) is 39.1 Å². The Hall–Kier alpha value is -2.35. The predicted molar refractivity (Wildman–Crippen MR) is 69.7 cm³/mol. The number of hydrogen-bond acceptors (Lipinski definition) is 6. The number of anilines is 1. The largest absolute Gasteiger partial charge is 0.489 e. The van der Waals surface area contributed by atoms with Gasteiger partial charge in [0.2, 0.25) is 5.75 Å². The summed E-state index contributed by atoms with van der Waals surface area (Å²) in [7, 11) is 1.32. The van der Waals surface area contributed by atoms with Crippen molar-refractivity contribution in [1.29, 1.82) is 0 Å². The standard InChI is InChI=1S/C11H11N3O4S/c1-18-8-9(12-5-13-10(8)15)14-7(11(16)17)6-3-2-4-19-6/h2-5,7H,1H3,(H,16,17)(H2,12,13,14,15). The predicted octanol–water partition coefficient (Wildman–Crippen LogP) is 1.08. The first-order valence-electron chi connectivity index (χ1n) is 5.28. The van der Waals surface area contributed by atoms with Gasteiger partial charge in [0, 0.05) is 4.88 Å². The van der Waals surface area contributed by atoms with E-state index >= 15 is 0 Å². The summed E-state index contributed by atoms with van der Waals surface area (Å²) in [6.45, 7) is 0. The second kappa shape index (κ2) is 5.53. The van der Waals surface area contributed by atoms with Gasteiger partial charge in [0.25, 0.3) is 5.56 Å². The number of rotatable bonds is 5. The Bertz CT molecular complexity index is 623. The zero-order valence-electron chi connectivity index (χ0n) is 9.91. The Labute approximate surface area is 111 Å². The minimum Gasteiger partial charge on any atom is -0.489 e. The summed E-state index contributed by atoms with van der Waals surface area (Å²) in [5.74, 6) is -1.02. The van der Waals surface area contributed by atoms with Crippen molar-refractivity contribution in [3.8, 4) is 5.75 Å². The van der Waals surface area contributed by atoms with Crippen LogP contribution in [0.4, 0.5) is 5.82 Å². The molecule has 2 aromatic rings. The number of aromatic nitrogens is 2. The van der Waals surface area contributed by atoms with E-state index in [9.17, 15) is 14.7 Å². The van der Waals surface area contributed by atoms with Crippen LogP contribution in [0.1, 0.15) is 10.9 Å². The van der Waals surface area contributed by atoms with Crippen molar-refractivity contribution in [2.24, 2.45) is 0 Å². The number of aromatic amines is 1. The summed E-state index contributed by atoms with van der Waals surface area (Å²) < 4.78 is 4.92. The molecule has 0 aliphatic carbocycles. The van der Waals surface area contributed by atoms with Gasteiger partial charge in [0.05, 0.1) is 13.4 Å². The maximum Gasteiger partial charge on any atom is 0.331 e. The van der Waals surface area contributed by atoms with Crippen LogP contribution in [-0.4, -0.2) is 28.2 Å². The highest BCUT2D eigenvalue weighted by Crippen LogP contribution is 2.25. The van der Waals surface area contributed by atoms with Crippen LogP contribution in [0.25, 0.3) is 0 Å². The fourth-order valence-corrected chi connectivity index (χ4v) is 2.29. The Morgan fingerprint density at radius 2 is 2.42 bits per heavy atom. The van der Waals surface area contributed by atoms with E-state index in [0.717, 1.165) is 0 Å². The molecule has 0 saturated heterocycles. The number of carboxylic acids is 1. The highest BCUT2D eigenvalue weighted by Gasteiger charge is 2.23. The van der Waals surface area contributed by atoms with Gasteiger partial charge >= 0.3 is 5.97 Å². The molecule has 3 N–H and O–H groups in total. The van der Waals surface area contributed by atoms with Gasteiger partial charge in [-0.3, -0.25) is 4.79 Å². The van der Waals surface area contributed by atoms with Crippen molar-refractivity contribution >= 4 is 23.1 Å². The fourth-order valence-electron chi connectivity index (χ4n) is 1.53. The van der Waals surface area contributed by atoms with Gasteiger partial charge in [-0.05, 0) is 11.4 Å². The molecule has 0 amide bonds. The average Bonchev–Trinajstić information content (AvgIpc) is 2.89. The molecule has 0 saturated carbocycles. The Morgan fingerprint density at radius 1 is 1.63 bits per heavy atom. The lowest BCUT2D eigenvalue weighted by Gasteiger charge is -2.14. The maximum atomic E-state index is 11.5. The Kier molecular flexibility index (Phi) is 3.81. The highest BCUT2D eigenvalue weighted by molar-refractivity contribution is 7.10. The average molecular weight is 281 g/mol. The molecule has 1 unspecified atom stereocenters. The molecular weight excluding hydrogens is 270 g/mol. The first-order chi connectivity index (χ1) is 9.13. The molecule has 0 aliphatic heterocycles. The summed E-state index contributed by atoms with van der Waals surface area (Å²) in [6, 6.07) is 2.46. The lowest BCUT2D eigenvalue weighted by molar-refractivity contribution is -0.138. The molecule has 0 bridgehead atoms. The zero-order chi connectivity index (χ0) is 13.8. The minimum atomic E-state index is -1.06. The van der Waals surface area contributed by atoms with Gasteiger partial charge in [0.15, 0.2) is 11.9 Å². The number of hydrogen-bond donors (Lipinski definition) is 3. The second-order valence-electron chi connectivity index (χ2n) is 3.54. The van der Waals surface area contributed by atoms with Crippen molar-refractivity contribution in [3.63, 3.8) is 0 Å². The lowest BCUT2D eigenvalue weighted by atomic mass is 10.2. The fraction of sp³-hybridized carbons (Fsp3) is 0.182. The normalized spacial score (nSPS) is 11.8. The molecule has 100 valence electrons. The topological polar surface area (TPSA) is 104 Å². The van der Waals surface area contributed by atoms with Gasteiger partial charge < -0.3 is 20.1 Å².